The second-order valence-corrected chi connectivity index (χ2v) is 5.16. The van der Waals surface area contributed by atoms with Crippen molar-refractivity contribution < 1.29 is 22.7 Å². The summed E-state index contributed by atoms with van der Waals surface area (Å²) in [6, 6.07) is 4.36. The van der Waals surface area contributed by atoms with Gasteiger partial charge in [-0.2, -0.15) is 13.2 Å². The molecule has 20 heavy (non-hydrogen) atoms. The van der Waals surface area contributed by atoms with Gasteiger partial charge in [-0.3, -0.25) is 4.79 Å². The van der Waals surface area contributed by atoms with E-state index in [1.165, 1.54) is 19.2 Å². The third kappa shape index (κ3) is 2.87. The normalized spacial score (nSPS) is 18.8. The van der Waals surface area contributed by atoms with Crippen molar-refractivity contribution in [2.45, 2.75) is 43.9 Å². The molecule has 0 atom stereocenters. The van der Waals surface area contributed by atoms with Crippen LogP contribution in [-0.4, -0.2) is 18.5 Å². The zero-order valence-corrected chi connectivity index (χ0v) is 11.3. The smallest absolute Gasteiger partial charge is 0.370 e. The number of alkyl halides is 3. The van der Waals surface area contributed by atoms with Gasteiger partial charge in [0.15, 0.2) is 5.78 Å². The van der Waals surface area contributed by atoms with Gasteiger partial charge in [-0.25, -0.2) is 0 Å². The van der Waals surface area contributed by atoms with Crippen LogP contribution in [0.1, 0.15) is 48.0 Å². The summed E-state index contributed by atoms with van der Waals surface area (Å²) < 4.78 is 42.9. The van der Waals surface area contributed by atoms with Gasteiger partial charge in [0.2, 0.25) is 0 Å². The van der Waals surface area contributed by atoms with E-state index in [0.29, 0.717) is 12.8 Å². The number of ether oxygens (including phenoxy) is 1. The third-order valence-corrected chi connectivity index (χ3v) is 3.94. The Bertz CT molecular complexity index is 471. The van der Waals surface area contributed by atoms with E-state index in [1.54, 1.807) is 0 Å². The Hall–Kier alpha value is -1.36. The molecule has 2 nitrogen and oxygen atoms in total. The van der Waals surface area contributed by atoms with Gasteiger partial charge in [0.25, 0.3) is 0 Å². The lowest BCUT2D eigenvalue weighted by Gasteiger charge is -2.34. The lowest BCUT2D eigenvalue weighted by molar-refractivity contribution is -0.137. The number of ketones is 1. The summed E-state index contributed by atoms with van der Waals surface area (Å²) in [5.74, 6) is -0.214. The molecule has 2 rings (SSSR count). The summed E-state index contributed by atoms with van der Waals surface area (Å²) >= 11 is 0. The average molecular weight is 286 g/mol. The molecule has 0 bridgehead atoms. The van der Waals surface area contributed by atoms with E-state index in [2.05, 4.69) is 0 Å². The first-order valence-electron chi connectivity index (χ1n) is 6.66. The highest BCUT2D eigenvalue weighted by Crippen LogP contribution is 2.35. The first kappa shape index (κ1) is 15.0. The van der Waals surface area contributed by atoms with Crippen LogP contribution in [0.15, 0.2) is 24.3 Å². The standard InChI is InChI=1S/C15H17F3O2/c1-20-14(9-3-2-4-10-14)13(19)11-5-7-12(8-6-11)15(16,17)18/h5-8H,2-4,9-10H2,1H3. The number of Topliss-reactive ketones (excluding diaryl/α,β-unsaturated/α-hetero) is 1. The van der Waals surface area contributed by atoms with E-state index in [1.807, 2.05) is 0 Å². The highest BCUT2D eigenvalue weighted by Gasteiger charge is 2.40. The Morgan fingerprint density at radius 3 is 2.10 bits per heavy atom. The Kier molecular flexibility index (Phi) is 4.18. The highest BCUT2D eigenvalue weighted by molar-refractivity contribution is 6.02. The van der Waals surface area contributed by atoms with Gasteiger partial charge in [0.1, 0.15) is 5.60 Å². The summed E-state index contributed by atoms with van der Waals surface area (Å²) in [6.45, 7) is 0. The van der Waals surface area contributed by atoms with Gasteiger partial charge >= 0.3 is 6.18 Å². The Morgan fingerprint density at radius 2 is 1.65 bits per heavy atom. The van der Waals surface area contributed by atoms with Gasteiger partial charge in [0, 0.05) is 12.7 Å². The Balaban J connectivity index is 2.24. The molecule has 0 heterocycles. The molecule has 0 saturated heterocycles. The topological polar surface area (TPSA) is 26.3 Å². The number of hydrogen-bond donors (Lipinski definition) is 0. The summed E-state index contributed by atoms with van der Waals surface area (Å²) in [6.07, 6.45) is -0.260. The molecule has 1 fully saturated rings. The predicted molar refractivity (Wildman–Crippen MR) is 68.6 cm³/mol. The van der Waals surface area contributed by atoms with E-state index >= 15 is 0 Å². The second-order valence-electron chi connectivity index (χ2n) is 5.16. The highest BCUT2D eigenvalue weighted by atomic mass is 19.4. The van der Waals surface area contributed by atoms with E-state index in [0.717, 1.165) is 31.4 Å². The van der Waals surface area contributed by atoms with E-state index < -0.39 is 17.3 Å². The molecule has 0 radical (unpaired) electrons. The zero-order chi connectivity index (χ0) is 14.8. The molecule has 1 aromatic carbocycles. The molecule has 1 aliphatic rings. The second kappa shape index (κ2) is 5.56. The molecule has 1 aliphatic carbocycles. The van der Waals surface area contributed by atoms with Crippen LogP contribution in [0.2, 0.25) is 0 Å². The summed E-state index contributed by atoms with van der Waals surface area (Å²) in [4.78, 5) is 12.5. The van der Waals surface area contributed by atoms with Crippen LogP contribution in [0.25, 0.3) is 0 Å². The number of benzene rings is 1. The third-order valence-electron chi connectivity index (χ3n) is 3.94. The van der Waals surface area contributed by atoms with Crippen molar-refractivity contribution in [2.75, 3.05) is 7.11 Å². The number of carbonyl (C=O) groups excluding carboxylic acids is 1. The van der Waals surface area contributed by atoms with E-state index in [9.17, 15) is 18.0 Å². The minimum Gasteiger partial charge on any atom is -0.370 e. The summed E-state index contributed by atoms with van der Waals surface area (Å²) in [5.41, 5.74) is -1.33. The van der Waals surface area contributed by atoms with Crippen molar-refractivity contribution in [3.63, 3.8) is 0 Å². The van der Waals surface area contributed by atoms with Gasteiger partial charge < -0.3 is 4.74 Å². The van der Waals surface area contributed by atoms with E-state index in [4.69, 9.17) is 4.74 Å². The summed E-state index contributed by atoms with van der Waals surface area (Å²) in [5, 5.41) is 0. The fourth-order valence-corrected chi connectivity index (χ4v) is 2.72. The van der Waals surface area contributed by atoms with Crippen molar-refractivity contribution >= 4 is 5.78 Å². The SMILES string of the molecule is COC1(C(=O)c2ccc(C(F)(F)F)cc2)CCCCC1. The number of rotatable bonds is 3. The minimum absolute atomic E-state index is 0.214. The van der Waals surface area contributed by atoms with Crippen LogP contribution < -0.4 is 0 Å². The molecule has 1 aromatic rings. The van der Waals surface area contributed by atoms with Crippen LogP contribution in [0.3, 0.4) is 0 Å². The maximum absolute atomic E-state index is 12.5. The maximum atomic E-state index is 12.5. The molecular formula is C15H17F3O2. The first-order chi connectivity index (χ1) is 9.39. The first-order valence-corrected chi connectivity index (χ1v) is 6.66. The maximum Gasteiger partial charge on any atom is 0.416 e. The van der Waals surface area contributed by atoms with Crippen molar-refractivity contribution in [3.8, 4) is 0 Å². The van der Waals surface area contributed by atoms with Crippen LogP contribution in [0, 0.1) is 0 Å². The van der Waals surface area contributed by atoms with Crippen molar-refractivity contribution in [2.24, 2.45) is 0 Å². The quantitative estimate of drug-likeness (QED) is 0.777. The molecule has 5 heteroatoms. The van der Waals surface area contributed by atoms with Crippen LogP contribution in [0.5, 0.6) is 0 Å². The van der Waals surface area contributed by atoms with Crippen molar-refractivity contribution in [1.82, 2.24) is 0 Å². The molecule has 0 unspecified atom stereocenters. The number of carbonyl (C=O) groups is 1. The zero-order valence-electron chi connectivity index (χ0n) is 11.3. The Labute approximate surface area is 115 Å². The largest absolute Gasteiger partial charge is 0.416 e. The molecule has 0 spiro atoms. The van der Waals surface area contributed by atoms with Gasteiger partial charge in [0.05, 0.1) is 5.56 Å². The molecular weight excluding hydrogens is 269 g/mol. The van der Waals surface area contributed by atoms with Gasteiger partial charge in [-0.15, -0.1) is 0 Å². The number of halogens is 3. The monoisotopic (exact) mass is 286 g/mol. The van der Waals surface area contributed by atoms with Gasteiger partial charge in [-0.1, -0.05) is 31.4 Å². The van der Waals surface area contributed by atoms with Crippen molar-refractivity contribution in [3.05, 3.63) is 35.4 Å². The fraction of sp³-hybridized carbons (Fsp3) is 0.533. The summed E-state index contributed by atoms with van der Waals surface area (Å²) in [7, 11) is 1.49. The molecule has 0 aromatic heterocycles. The average Bonchev–Trinajstić information content (AvgIpc) is 2.46. The van der Waals surface area contributed by atoms with E-state index in [-0.39, 0.29) is 11.3 Å². The fourth-order valence-electron chi connectivity index (χ4n) is 2.72. The molecule has 0 amide bonds. The lowest BCUT2D eigenvalue weighted by atomic mass is 9.79. The Morgan fingerprint density at radius 1 is 1.10 bits per heavy atom. The molecule has 1 saturated carbocycles. The molecule has 0 aliphatic heterocycles. The van der Waals surface area contributed by atoms with Crippen LogP contribution in [-0.2, 0) is 10.9 Å². The molecule has 110 valence electrons. The number of hydrogen-bond acceptors (Lipinski definition) is 2. The number of methoxy groups -OCH3 is 1. The van der Waals surface area contributed by atoms with Gasteiger partial charge in [-0.05, 0) is 25.0 Å². The van der Waals surface area contributed by atoms with Crippen LogP contribution in [0.4, 0.5) is 13.2 Å². The lowest BCUT2D eigenvalue weighted by Crippen LogP contribution is -2.42. The van der Waals surface area contributed by atoms with Crippen molar-refractivity contribution in [1.29, 1.82) is 0 Å². The van der Waals surface area contributed by atoms with Crippen LogP contribution >= 0.6 is 0 Å². The molecule has 0 N–H and O–H groups in total. The predicted octanol–water partition coefficient (Wildman–Crippen LogP) is 4.24. The minimum atomic E-state index is -4.38.